The van der Waals surface area contributed by atoms with Gasteiger partial charge in [0.25, 0.3) is 11.8 Å². The highest BCUT2D eigenvalue weighted by Gasteiger charge is 2.40. The van der Waals surface area contributed by atoms with Crippen LogP contribution in [0.4, 0.5) is 0 Å². The number of amides is 3. The molecule has 7 atom stereocenters. The molecule has 0 bridgehead atoms. The Labute approximate surface area is 348 Å². The van der Waals surface area contributed by atoms with Gasteiger partial charge in [-0.3, -0.25) is 33.7 Å². The Morgan fingerprint density at radius 3 is 2.31 bits per heavy atom. The monoisotopic (exact) mass is 829 g/mol. The predicted molar refractivity (Wildman–Crippen MR) is 223 cm³/mol. The molecule has 15 heteroatoms. The van der Waals surface area contributed by atoms with Crippen molar-refractivity contribution < 1.29 is 43.8 Å². The number of unbranched alkanes of at least 4 members (excludes halogenated alkanes) is 3. The summed E-state index contributed by atoms with van der Waals surface area (Å²) in [5.74, 6) is -3.66. The molecular weight excluding hydrogens is 763 g/mol. The molecule has 0 radical (unpaired) electrons. The maximum atomic E-state index is 14.8. The number of ether oxygens (including phenoxy) is 1. The van der Waals surface area contributed by atoms with Crippen molar-refractivity contribution in [2.75, 3.05) is 20.2 Å². The van der Waals surface area contributed by atoms with E-state index in [1.165, 1.54) is 24.1 Å². The number of thiazole rings is 1. The number of aromatic hydroxyl groups is 1. The molecule has 0 aliphatic carbocycles. The summed E-state index contributed by atoms with van der Waals surface area (Å²) in [5.41, 5.74) is 0.877. The van der Waals surface area contributed by atoms with Crippen LogP contribution in [0.2, 0.25) is 0 Å². The number of phenols is 1. The molecule has 1 fully saturated rings. The van der Waals surface area contributed by atoms with Gasteiger partial charge >= 0.3 is 11.9 Å². The van der Waals surface area contributed by atoms with E-state index in [2.05, 4.69) is 22.5 Å². The van der Waals surface area contributed by atoms with E-state index in [1.807, 2.05) is 39.6 Å². The Bertz CT molecular complexity index is 1620. The van der Waals surface area contributed by atoms with Gasteiger partial charge in [0.1, 0.15) is 22.5 Å². The third-order valence-electron chi connectivity index (χ3n) is 11.0. The van der Waals surface area contributed by atoms with Crippen LogP contribution in [0.3, 0.4) is 0 Å². The van der Waals surface area contributed by atoms with E-state index in [0.29, 0.717) is 24.3 Å². The number of aromatic nitrogens is 1. The van der Waals surface area contributed by atoms with Crippen LogP contribution in [0.1, 0.15) is 140 Å². The number of phenolic OH excluding ortho intramolecular Hbond substituents is 1. The first-order valence-corrected chi connectivity index (χ1v) is 21.8. The molecule has 14 nitrogen and oxygen atoms in total. The summed E-state index contributed by atoms with van der Waals surface area (Å²) in [6.45, 7) is 13.9. The Morgan fingerprint density at radius 2 is 1.71 bits per heavy atom. The van der Waals surface area contributed by atoms with Crippen molar-refractivity contribution in [3.8, 4) is 5.75 Å². The number of carbonyl (C=O) groups excluding carboxylic acids is 4. The van der Waals surface area contributed by atoms with Gasteiger partial charge in [0, 0.05) is 24.8 Å². The van der Waals surface area contributed by atoms with E-state index >= 15 is 0 Å². The van der Waals surface area contributed by atoms with Crippen molar-refractivity contribution in [2.24, 2.45) is 17.8 Å². The standard InChI is InChI=1S/C43H67N5O9S/c1-9-11-12-15-22-56-48(42(53)38(28(5)10-2)46-40(52)35-16-13-14-21-47(35)8)36(27(3)4)25-37(57-30(7)49)41-45-34(26-58-41)39(51)44-32(23-29(6)43(54)55)24-31-17-19-33(50)20-18-31/h17-20,26-29,32,35-38,50H,9-16,21-25H2,1-8H3,(H,44,51)(H,46,52)(H,54,55)/t28-,29-,32+,35+,36+,37+,38-/m0/s1. The molecule has 1 aromatic heterocycles. The number of piperidine rings is 1. The number of likely N-dealkylation sites (tertiary alicyclic amines) is 1. The minimum Gasteiger partial charge on any atom is -0.508 e. The van der Waals surface area contributed by atoms with Gasteiger partial charge in [-0.25, -0.2) is 10.0 Å². The molecule has 1 aliphatic rings. The molecule has 3 rings (SSSR count). The van der Waals surface area contributed by atoms with Gasteiger partial charge in [-0.05, 0) is 75.2 Å². The van der Waals surface area contributed by atoms with E-state index in [0.717, 1.165) is 62.0 Å². The van der Waals surface area contributed by atoms with Crippen LogP contribution in [-0.4, -0.2) is 99.2 Å². The molecule has 0 spiro atoms. The molecule has 2 aromatic rings. The lowest BCUT2D eigenvalue weighted by atomic mass is 9.93. The van der Waals surface area contributed by atoms with Gasteiger partial charge in [-0.1, -0.05) is 85.8 Å². The Hall–Kier alpha value is -4.08. The molecule has 0 saturated carbocycles. The summed E-state index contributed by atoms with van der Waals surface area (Å²) < 4.78 is 5.85. The van der Waals surface area contributed by atoms with Crippen LogP contribution < -0.4 is 10.6 Å². The second-order valence-electron chi connectivity index (χ2n) is 16.2. The maximum absolute atomic E-state index is 14.8. The van der Waals surface area contributed by atoms with Crippen molar-refractivity contribution in [3.63, 3.8) is 0 Å². The van der Waals surface area contributed by atoms with Gasteiger partial charge < -0.3 is 25.6 Å². The van der Waals surface area contributed by atoms with E-state index in [-0.39, 0.29) is 60.6 Å². The number of rotatable bonds is 24. The molecule has 4 N–H and O–H groups in total. The Morgan fingerprint density at radius 1 is 1.00 bits per heavy atom. The normalized spacial score (nSPS) is 17.7. The van der Waals surface area contributed by atoms with Crippen molar-refractivity contribution in [1.82, 2.24) is 25.6 Å². The van der Waals surface area contributed by atoms with Crippen LogP contribution in [-0.2, 0) is 35.2 Å². The number of carboxylic acids is 1. The van der Waals surface area contributed by atoms with Gasteiger partial charge in [-0.2, -0.15) is 0 Å². The molecule has 1 saturated heterocycles. The first-order chi connectivity index (χ1) is 27.6. The van der Waals surface area contributed by atoms with Crippen LogP contribution in [0.25, 0.3) is 0 Å². The van der Waals surface area contributed by atoms with E-state index in [1.54, 1.807) is 24.4 Å². The van der Waals surface area contributed by atoms with Gasteiger partial charge in [0.2, 0.25) is 5.91 Å². The highest BCUT2D eigenvalue weighted by molar-refractivity contribution is 7.09. The SMILES string of the molecule is CCCCCCON(C(=O)[C@@H](NC(=O)[C@H]1CCCCN1C)[C@@H](C)CC)[C@H](C[C@@H](OC(C)=O)c1nc(C(=O)N[C@@H](Cc2ccc(O)cc2)C[C@H](C)C(=O)O)cs1)C(C)C. The Kier molecular flexibility index (Phi) is 20.1. The summed E-state index contributed by atoms with van der Waals surface area (Å²) in [5, 5.41) is 28.7. The van der Waals surface area contributed by atoms with E-state index < -0.39 is 48.0 Å². The molecular formula is C43H67N5O9S. The van der Waals surface area contributed by atoms with Crippen molar-refractivity contribution in [3.05, 3.63) is 45.9 Å². The third-order valence-corrected chi connectivity index (χ3v) is 11.9. The number of nitrogens with one attached hydrogen (secondary N) is 2. The molecule has 58 heavy (non-hydrogen) atoms. The van der Waals surface area contributed by atoms with Crippen LogP contribution in [0, 0.1) is 17.8 Å². The van der Waals surface area contributed by atoms with Crippen LogP contribution in [0.5, 0.6) is 5.75 Å². The van der Waals surface area contributed by atoms with E-state index in [4.69, 9.17) is 9.57 Å². The summed E-state index contributed by atoms with van der Waals surface area (Å²) in [4.78, 5) is 79.4. The predicted octanol–water partition coefficient (Wildman–Crippen LogP) is 6.68. The summed E-state index contributed by atoms with van der Waals surface area (Å²) in [7, 11) is 1.93. The summed E-state index contributed by atoms with van der Waals surface area (Å²) in [6.07, 6.45) is 6.68. The van der Waals surface area contributed by atoms with Gasteiger partial charge in [-0.15, -0.1) is 11.3 Å². The number of nitrogens with zero attached hydrogens (tertiary/aromatic N) is 3. The minimum absolute atomic E-state index is 0.0734. The number of likely N-dealkylation sites (N-methyl/N-ethyl adjacent to an activating group) is 1. The second kappa shape index (κ2) is 24.1. The fraction of sp³-hybridized carbons (Fsp3) is 0.674. The third kappa shape index (κ3) is 14.9. The number of carbonyl (C=O) groups is 5. The average Bonchev–Trinajstić information content (AvgIpc) is 3.68. The molecule has 1 aromatic carbocycles. The molecule has 1 aliphatic heterocycles. The highest BCUT2D eigenvalue weighted by atomic mass is 32.1. The maximum Gasteiger partial charge on any atom is 0.306 e. The molecule has 3 amide bonds. The number of hydrogen-bond donors (Lipinski definition) is 4. The lowest BCUT2D eigenvalue weighted by molar-refractivity contribution is -0.213. The lowest BCUT2D eigenvalue weighted by Crippen LogP contribution is -2.58. The largest absolute Gasteiger partial charge is 0.508 e. The zero-order valence-electron chi connectivity index (χ0n) is 35.7. The number of aliphatic carboxylic acids is 1. The first kappa shape index (κ1) is 48.3. The minimum atomic E-state index is -0.989. The number of hydrogen-bond acceptors (Lipinski definition) is 11. The number of benzene rings is 1. The van der Waals surface area contributed by atoms with Gasteiger partial charge in [0.05, 0.1) is 24.6 Å². The molecule has 324 valence electrons. The lowest BCUT2D eigenvalue weighted by Gasteiger charge is -2.39. The summed E-state index contributed by atoms with van der Waals surface area (Å²) in [6, 6.07) is 4.14. The number of hydroxylamine groups is 2. The number of esters is 1. The van der Waals surface area contributed by atoms with Crippen molar-refractivity contribution >= 4 is 41.0 Å². The van der Waals surface area contributed by atoms with Crippen LogP contribution in [0.15, 0.2) is 29.6 Å². The zero-order chi connectivity index (χ0) is 42.9. The van der Waals surface area contributed by atoms with Crippen LogP contribution >= 0.6 is 11.3 Å². The molecule has 0 unspecified atom stereocenters. The molecule has 2 heterocycles. The second-order valence-corrected chi connectivity index (χ2v) is 17.0. The van der Waals surface area contributed by atoms with Gasteiger partial charge in [0.15, 0.2) is 6.10 Å². The number of carboxylic acid groups (broad SMARTS) is 1. The summed E-state index contributed by atoms with van der Waals surface area (Å²) >= 11 is 1.14. The van der Waals surface area contributed by atoms with E-state index in [9.17, 15) is 34.2 Å². The smallest absolute Gasteiger partial charge is 0.306 e. The highest BCUT2D eigenvalue weighted by Crippen LogP contribution is 2.32. The average molecular weight is 830 g/mol. The van der Waals surface area contributed by atoms with Crippen molar-refractivity contribution in [1.29, 1.82) is 0 Å². The topological polar surface area (TPSA) is 188 Å². The first-order valence-electron chi connectivity index (χ1n) is 21.0. The fourth-order valence-corrected chi connectivity index (χ4v) is 8.02. The zero-order valence-corrected chi connectivity index (χ0v) is 36.5. The van der Waals surface area contributed by atoms with Crippen molar-refractivity contribution in [2.45, 2.75) is 149 Å². The Balaban J connectivity index is 1.93. The fourth-order valence-electron chi connectivity index (χ4n) is 7.18. The quantitative estimate of drug-likeness (QED) is 0.0503.